The van der Waals surface area contributed by atoms with Crippen LogP contribution in [0.15, 0.2) is 18.2 Å². The van der Waals surface area contributed by atoms with Crippen molar-refractivity contribution in [2.24, 2.45) is 92.7 Å². The predicted molar refractivity (Wildman–Crippen MR) is 241 cm³/mol. The summed E-state index contributed by atoms with van der Waals surface area (Å²) in [7, 11) is 0. The van der Waals surface area contributed by atoms with E-state index in [-0.39, 0.29) is 24.0 Å². The third-order valence-corrected chi connectivity index (χ3v) is 21.7. The lowest BCUT2D eigenvalue weighted by atomic mass is 9.44. The SMILES string of the molecule is C[C@H](CCC(=O)Nc1cccc(NC(=O)CC[C@@H](C)[C@H]2CC[C@H]3[C@@H]4CC[C@@H]5C[C@H](O)CC[C@]5(C)[C@H]4CC[C@]23C)n1)[C@H]1CC[C@H]2[C@@H]3CC[C@@H]4C[C@H](O)CC[C@]4(C)[C@H]3CC[C@]12C. The van der Waals surface area contributed by atoms with E-state index in [2.05, 4.69) is 57.2 Å². The first-order valence-corrected chi connectivity index (χ1v) is 25.5. The Kier molecular flexibility index (Phi) is 11.9. The third kappa shape index (κ3) is 7.53. The van der Waals surface area contributed by atoms with E-state index >= 15 is 0 Å². The molecule has 8 aliphatic rings. The molecule has 18 atom stereocenters. The number of rotatable bonds is 10. The number of aliphatic hydroxyl groups excluding tert-OH is 2. The average Bonchev–Trinajstić information content (AvgIpc) is 3.76. The Balaban J connectivity index is 0.730. The van der Waals surface area contributed by atoms with E-state index in [4.69, 9.17) is 0 Å². The van der Waals surface area contributed by atoms with Crippen LogP contribution in [-0.4, -0.2) is 39.2 Å². The van der Waals surface area contributed by atoms with E-state index in [0.717, 1.165) is 74.0 Å². The largest absolute Gasteiger partial charge is 0.393 e. The zero-order chi connectivity index (χ0) is 42.2. The number of carbonyl (C=O) groups excluding carboxylic acids is 2. The summed E-state index contributed by atoms with van der Waals surface area (Å²) in [6, 6.07) is 5.54. The van der Waals surface area contributed by atoms with E-state index in [1.54, 1.807) is 0 Å². The van der Waals surface area contributed by atoms with Crippen LogP contribution in [0.2, 0.25) is 0 Å². The van der Waals surface area contributed by atoms with Gasteiger partial charge in [0.25, 0.3) is 0 Å². The minimum atomic E-state index is -0.0833. The average molecular weight is 826 g/mol. The Morgan fingerprint density at radius 2 is 0.983 bits per heavy atom. The van der Waals surface area contributed by atoms with Crippen LogP contribution >= 0.6 is 0 Å². The lowest BCUT2D eigenvalue weighted by Crippen LogP contribution is -2.54. The Bertz CT molecular complexity index is 1620. The van der Waals surface area contributed by atoms with Crippen molar-refractivity contribution < 1.29 is 19.8 Å². The van der Waals surface area contributed by atoms with Gasteiger partial charge in [0.1, 0.15) is 11.6 Å². The second-order valence-corrected chi connectivity index (χ2v) is 24.2. The summed E-state index contributed by atoms with van der Waals surface area (Å²) in [5, 5.41) is 27.0. The first kappa shape index (κ1) is 43.3. The summed E-state index contributed by atoms with van der Waals surface area (Å²) in [6.07, 6.45) is 25.0. The number of pyridine rings is 1. The van der Waals surface area contributed by atoms with Crippen molar-refractivity contribution in [1.82, 2.24) is 4.98 Å². The van der Waals surface area contributed by atoms with Crippen molar-refractivity contribution in [1.29, 1.82) is 0 Å². The third-order valence-electron chi connectivity index (χ3n) is 21.7. The van der Waals surface area contributed by atoms with Crippen molar-refractivity contribution in [3.8, 4) is 0 Å². The fraction of sp³-hybridized carbons (Fsp3) is 0.868. The second kappa shape index (κ2) is 16.5. The molecule has 7 nitrogen and oxygen atoms in total. The molecule has 4 N–H and O–H groups in total. The molecule has 1 aromatic heterocycles. The summed E-state index contributed by atoms with van der Waals surface area (Å²) in [5.41, 5.74) is 1.57. The van der Waals surface area contributed by atoms with Crippen LogP contribution in [0, 0.1) is 92.7 Å². The van der Waals surface area contributed by atoms with E-state index in [0.29, 0.717) is 81.6 Å². The lowest BCUT2D eigenvalue weighted by Gasteiger charge is -2.61. The maximum absolute atomic E-state index is 13.3. The number of carbonyl (C=O) groups is 2. The number of amides is 2. The first-order chi connectivity index (χ1) is 28.6. The minimum absolute atomic E-state index is 0.0119. The molecule has 0 bridgehead atoms. The topological polar surface area (TPSA) is 112 Å². The fourth-order valence-electron chi connectivity index (χ4n) is 18.5. The number of aromatic nitrogens is 1. The normalized spacial score (nSPS) is 46.7. The molecule has 0 radical (unpaired) electrons. The van der Waals surface area contributed by atoms with Crippen LogP contribution in [0.1, 0.15) is 183 Å². The molecule has 0 aliphatic heterocycles. The fourth-order valence-corrected chi connectivity index (χ4v) is 18.5. The van der Waals surface area contributed by atoms with Crippen molar-refractivity contribution >= 4 is 23.5 Å². The molecule has 0 saturated heterocycles. The van der Waals surface area contributed by atoms with Crippen LogP contribution in [0.25, 0.3) is 0 Å². The van der Waals surface area contributed by atoms with Gasteiger partial charge in [0.15, 0.2) is 0 Å². The number of hydrogen-bond donors (Lipinski definition) is 4. The molecule has 60 heavy (non-hydrogen) atoms. The second-order valence-electron chi connectivity index (χ2n) is 24.2. The Morgan fingerprint density at radius 1 is 0.583 bits per heavy atom. The molecular formula is C53H83N3O4. The van der Waals surface area contributed by atoms with Gasteiger partial charge in [-0.3, -0.25) is 9.59 Å². The highest BCUT2D eigenvalue weighted by molar-refractivity contribution is 5.92. The summed E-state index contributed by atoms with van der Waals surface area (Å²) in [5.74, 6) is 9.71. The van der Waals surface area contributed by atoms with Gasteiger partial charge in [-0.25, -0.2) is 4.98 Å². The quantitative estimate of drug-likeness (QED) is 0.188. The van der Waals surface area contributed by atoms with Crippen molar-refractivity contribution in [2.45, 2.75) is 195 Å². The highest BCUT2D eigenvalue weighted by atomic mass is 16.3. The molecule has 8 aliphatic carbocycles. The summed E-state index contributed by atoms with van der Waals surface area (Å²) in [6.45, 7) is 15.2. The number of hydrogen-bond acceptors (Lipinski definition) is 5. The predicted octanol–water partition coefficient (Wildman–Crippen LogP) is 11.8. The zero-order valence-corrected chi connectivity index (χ0v) is 38.5. The smallest absolute Gasteiger partial charge is 0.225 e. The van der Waals surface area contributed by atoms with E-state index in [9.17, 15) is 19.8 Å². The Morgan fingerprint density at radius 3 is 1.42 bits per heavy atom. The molecule has 334 valence electrons. The molecule has 1 heterocycles. The first-order valence-electron chi connectivity index (χ1n) is 25.5. The highest BCUT2D eigenvalue weighted by Gasteiger charge is 2.62. The molecule has 7 heteroatoms. The Hall–Kier alpha value is -1.99. The number of nitrogens with one attached hydrogen (secondary N) is 2. The highest BCUT2D eigenvalue weighted by Crippen LogP contribution is 2.70. The molecule has 0 aromatic carbocycles. The number of anilines is 2. The van der Waals surface area contributed by atoms with Gasteiger partial charge in [0.2, 0.25) is 11.8 Å². The summed E-state index contributed by atoms with van der Waals surface area (Å²) < 4.78 is 0. The van der Waals surface area contributed by atoms with Crippen molar-refractivity contribution in [3.63, 3.8) is 0 Å². The lowest BCUT2D eigenvalue weighted by molar-refractivity contribution is -0.129. The van der Waals surface area contributed by atoms with Crippen LogP contribution in [0.4, 0.5) is 11.6 Å². The Labute approximate surface area is 363 Å². The van der Waals surface area contributed by atoms with Crippen LogP contribution < -0.4 is 10.6 Å². The molecule has 1 aromatic rings. The molecule has 2 amide bonds. The minimum Gasteiger partial charge on any atom is -0.393 e. The zero-order valence-electron chi connectivity index (χ0n) is 38.5. The van der Waals surface area contributed by atoms with Gasteiger partial charge >= 0.3 is 0 Å². The monoisotopic (exact) mass is 826 g/mol. The van der Waals surface area contributed by atoms with E-state index < -0.39 is 0 Å². The number of fused-ring (bicyclic) bond motifs is 10. The van der Waals surface area contributed by atoms with Gasteiger partial charge in [-0.1, -0.05) is 47.6 Å². The van der Waals surface area contributed by atoms with Gasteiger partial charge < -0.3 is 20.8 Å². The molecule has 8 fully saturated rings. The van der Waals surface area contributed by atoms with Crippen LogP contribution in [-0.2, 0) is 9.59 Å². The molecule has 0 spiro atoms. The van der Waals surface area contributed by atoms with E-state index in [1.807, 2.05) is 18.2 Å². The standard InChI is InChI=1S/C53H83N3O4/c1-32(40-16-18-42-38-14-12-34-30-36(57)22-26-50(34,3)44(38)24-28-52(40,42)5)10-20-48(59)55-46-8-7-9-47(54-46)56-49(60)21-11-33(2)41-17-19-43-39-15-13-35-31-37(58)23-27-51(35,4)45(39)25-29-53(41,43)6/h7-9,32-45,57-58H,10-31H2,1-6H3,(H2,54,55,56,59,60)/t32-,33-,34-,35-,36-,37-,38+,39+,40-,41-,42+,43+,44+,45+,50+,51+,52-,53-/m1/s1. The summed E-state index contributed by atoms with van der Waals surface area (Å²) >= 11 is 0. The van der Waals surface area contributed by atoms with E-state index in [1.165, 1.54) is 89.9 Å². The van der Waals surface area contributed by atoms with Gasteiger partial charge in [-0.15, -0.1) is 0 Å². The summed E-state index contributed by atoms with van der Waals surface area (Å²) in [4.78, 5) is 31.3. The van der Waals surface area contributed by atoms with Crippen LogP contribution in [0.3, 0.4) is 0 Å². The molecular weight excluding hydrogens is 743 g/mol. The van der Waals surface area contributed by atoms with Crippen LogP contribution in [0.5, 0.6) is 0 Å². The van der Waals surface area contributed by atoms with Crippen molar-refractivity contribution in [2.75, 3.05) is 10.6 Å². The molecule has 8 saturated carbocycles. The maximum atomic E-state index is 13.3. The number of nitrogens with zero attached hydrogens (tertiary/aromatic N) is 1. The number of aliphatic hydroxyl groups is 2. The van der Waals surface area contributed by atoms with Gasteiger partial charge in [0.05, 0.1) is 12.2 Å². The molecule has 9 rings (SSSR count). The van der Waals surface area contributed by atoms with Crippen molar-refractivity contribution in [3.05, 3.63) is 18.2 Å². The van der Waals surface area contributed by atoms with Gasteiger partial charge in [0, 0.05) is 12.8 Å². The van der Waals surface area contributed by atoms with Gasteiger partial charge in [-0.05, 0) is 233 Å². The maximum Gasteiger partial charge on any atom is 0.225 e. The van der Waals surface area contributed by atoms with Gasteiger partial charge in [-0.2, -0.15) is 0 Å². The molecule has 0 unspecified atom stereocenters.